The van der Waals surface area contributed by atoms with Gasteiger partial charge in [-0.15, -0.1) is 0 Å². The predicted octanol–water partition coefficient (Wildman–Crippen LogP) is 9.64. The molecule has 0 aliphatic rings. The molecule has 0 aliphatic heterocycles. The fourth-order valence-corrected chi connectivity index (χ4v) is 4.97. The lowest BCUT2D eigenvalue weighted by atomic mass is 9.78. The summed E-state index contributed by atoms with van der Waals surface area (Å²) in [6, 6.07) is 13.8. The summed E-state index contributed by atoms with van der Waals surface area (Å²) in [6.45, 7) is 27.9. The Morgan fingerprint density at radius 3 is 1.50 bits per heavy atom. The van der Waals surface area contributed by atoms with Crippen LogP contribution in [-0.4, -0.2) is 15.3 Å². The van der Waals surface area contributed by atoms with E-state index in [9.17, 15) is 15.3 Å². The Balaban J connectivity index is 2.44. The van der Waals surface area contributed by atoms with Crippen molar-refractivity contribution < 1.29 is 15.3 Å². The fraction of sp³-hybridized carbons (Fsp3) is 0.500. The number of phenolic OH excluding ortho intramolecular Hbond substituents is 3. The zero-order chi connectivity index (χ0) is 30.6. The van der Waals surface area contributed by atoms with Gasteiger partial charge in [0.15, 0.2) is 0 Å². The van der Waals surface area contributed by atoms with Crippen molar-refractivity contribution >= 4 is 11.4 Å². The normalized spacial score (nSPS) is 13.0. The number of benzene rings is 3. The van der Waals surface area contributed by atoms with Crippen LogP contribution in [0.2, 0.25) is 0 Å². The molecule has 3 rings (SSSR count). The minimum atomic E-state index is -0.311. The molecule has 0 aromatic heterocycles. The molecule has 0 amide bonds. The first kappa shape index (κ1) is 31.4. The first-order valence-electron chi connectivity index (χ1n) is 14.3. The van der Waals surface area contributed by atoms with E-state index < -0.39 is 0 Å². The monoisotopic (exact) mass is 545 g/mol. The zero-order valence-corrected chi connectivity index (χ0v) is 27.0. The highest BCUT2D eigenvalue weighted by molar-refractivity contribution is 5.76. The quantitative estimate of drug-likeness (QED) is 0.305. The van der Waals surface area contributed by atoms with E-state index in [0.29, 0.717) is 11.4 Å². The molecule has 40 heavy (non-hydrogen) atoms. The third-order valence-corrected chi connectivity index (χ3v) is 7.67. The Labute approximate surface area is 242 Å². The number of anilines is 2. The lowest BCUT2D eigenvalue weighted by molar-refractivity contribution is 0.435. The molecule has 0 atom stereocenters. The number of aryl methyl sites for hydroxylation is 1. The molecular weight excluding hydrogens is 494 g/mol. The molecule has 4 heteroatoms. The molecule has 0 saturated heterocycles. The summed E-state index contributed by atoms with van der Waals surface area (Å²) in [6.07, 6.45) is 0. The Kier molecular flexibility index (Phi) is 8.13. The van der Waals surface area contributed by atoms with Gasteiger partial charge in [0, 0.05) is 11.1 Å². The molecule has 3 N–H and O–H groups in total. The summed E-state index contributed by atoms with van der Waals surface area (Å²) in [4.78, 5) is 1.95. The van der Waals surface area contributed by atoms with Gasteiger partial charge < -0.3 is 20.2 Å². The molecule has 0 aliphatic carbocycles. The van der Waals surface area contributed by atoms with Crippen LogP contribution >= 0.6 is 0 Å². The highest BCUT2D eigenvalue weighted by Gasteiger charge is 2.30. The van der Waals surface area contributed by atoms with E-state index in [-0.39, 0.29) is 45.5 Å². The van der Waals surface area contributed by atoms with Crippen LogP contribution in [0.4, 0.5) is 11.4 Å². The molecule has 0 saturated carbocycles. The Morgan fingerprint density at radius 2 is 1.02 bits per heavy atom. The van der Waals surface area contributed by atoms with E-state index in [1.807, 2.05) is 30.0 Å². The van der Waals surface area contributed by atoms with Crippen molar-refractivity contribution in [3.63, 3.8) is 0 Å². The van der Waals surface area contributed by atoms with Gasteiger partial charge in [-0.1, -0.05) is 101 Å². The maximum absolute atomic E-state index is 11.8. The van der Waals surface area contributed by atoms with Crippen LogP contribution in [0.5, 0.6) is 17.2 Å². The van der Waals surface area contributed by atoms with E-state index in [1.54, 1.807) is 6.07 Å². The van der Waals surface area contributed by atoms with Crippen molar-refractivity contribution in [2.45, 2.75) is 118 Å². The second-order valence-corrected chi connectivity index (χ2v) is 15.5. The summed E-state index contributed by atoms with van der Waals surface area (Å²) in [5.41, 5.74) is 5.98. The van der Waals surface area contributed by atoms with Gasteiger partial charge in [0.2, 0.25) is 0 Å². The van der Waals surface area contributed by atoms with Gasteiger partial charge in [0.1, 0.15) is 17.2 Å². The van der Waals surface area contributed by atoms with Gasteiger partial charge in [0.25, 0.3) is 0 Å². The zero-order valence-electron chi connectivity index (χ0n) is 27.0. The summed E-state index contributed by atoms with van der Waals surface area (Å²) in [5, 5.41) is 34.6. The van der Waals surface area contributed by atoms with E-state index in [4.69, 9.17) is 0 Å². The predicted molar refractivity (Wildman–Crippen MR) is 170 cm³/mol. The van der Waals surface area contributed by atoms with Gasteiger partial charge >= 0.3 is 0 Å². The van der Waals surface area contributed by atoms with Crippen LogP contribution in [0.25, 0.3) is 0 Å². The van der Waals surface area contributed by atoms with Gasteiger partial charge in [-0.2, -0.15) is 0 Å². The smallest absolute Gasteiger partial charge is 0.142 e. The van der Waals surface area contributed by atoms with Gasteiger partial charge in [-0.25, -0.2) is 0 Å². The van der Waals surface area contributed by atoms with Gasteiger partial charge in [0.05, 0.1) is 17.9 Å². The van der Waals surface area contributed by atoms with Crippen LogP contribution < -0.4 is 4.90 Å². The molecule has 0 fully saturated rings. The topological polar surface area (TPSA) is 63.9 Å². The lowest BCUT2D eigenvalue weighted by Gasteiger charge is -2.34. The molecule has 0 spiro atoms. The number of hydrogen-bond acceptors (Lipinski definition) is 4. The number of hydrogen-bond donors (Lipinski definition) is 3. The molecular formula is C36H51NO3. The van der Waals surface area contributed by atoms with Crippen molar-refractivity contribution in [2.24, 2.45) is 0 Å². The molecule has 3 aromatic rings. The molecule has 0 heterocycles. The van der Waals surface area contributed by atoms with Gasteiger partial charge in [-0.05, 0) is 75.1 Å². The standard InChI is InChI=1S/C36H51NO3/c1-22-14-15-30(38)28(16-22)37(29-20-25(34(5,6)7)19-27(32(29)40)36(11,12)13)21-23-17-24(33(2,3)4)18-26(31(23)39)35(8,9)10/h14-20,38-40H,21H2,1-13H3. The highest BCUT2D eigenvalue weighted by atomic mass is 16.3. The first-order chi connectivity index (χ1) is 18.0. The Bertz CT molecular complexity index is 1390. The van der Waals surface area contributed by atoms with Crippen molar-refractivity contribution in [2.75, 3.05) is 4.90 Å². The summed E-state index contributed by atoms with van der Waals surface area (Å²) < 4.78 is 0. The van der Waals surface area contributed by atoms with Crippen LogP contribution in [0.15, 0.2) is 42.5 Å². The molecule has 0 radical (unpaired) electrons. The fourth-order valence-electron chi connectivity index (χ4n) is 4.97. The van der Waals surface area contributed by atoms with Crippen LogP contribution in [-0.2, 0) is 28.2 Å². The average Bonchev–Trinajstić information content (AvgIpc) is 2.77. The van der Waals surface area contributed by atoms with Crippen molar-refractivity contribution in [1.82, 2.24) is 0 Å². The summed E-state index contributed by atoms with van der Waals surface area (Å²) in [7, 11) is 0. The second-order valence-electron chi connectivity index (χ2n) is 15.5. The SMILES string of the molecule is Cc1ccc(O)c(N(Cc2cc(C(C)(C)C)cc(C(C)(C)C)c2O)c2cc(C(C)(C)C)cc(C(C)(C)C)c2O)c1. The largest absolute Gasteiger partial charge is 0.507 e. The Morgan fingerprint density at radius 1 is 0.550 bits per heavy atom. The molecule has 0 bridgehead atoms. The van der Waals surface area contributed by atoms with Crippen LogP contribution in [0.3, 0.4) is 0 Å². The Hall–Kier alpha value is -3.14. The lowest BCUT2D eigenvalue weighted by Crippen LogP contribution is -2.23. The summed E-state index contributed by atoms with van der Waals surface area (Å²) in [5.74, 6) is 0.551. The number of aromatic hydroxyl groups is 3. The highest BCUT2D eigenvalue weighted by Crippen LogP contribution is 2.47. The average molecular weight is 546 g/mol. The summed E-state index contributed by atoms with van der Waals surface area (Å²) >= 11 is 0. The molecule has 4 nitrogen and oxygen atoms in total. The van der Waals surface area contributed by atoms with Crippen molar-refractivity contribution in [3.05, 3.63) is 75.8 Å². The maximum atomic E-state index is 11.8. The van der Waals surface area contributed by atoms with E-state index in [1.165, 1.54) is 0 Å². The molecule has 3 aromatic carbocycles. The maximum Gasteiger partial charge on any atom is 0.142 e. The van der Waals surface area contributed by atoms with E-state index >= 15 is 0 Å². The second kappa shape index (κ2) is 10.4. The first-order valence-corrected chi connectivity index (χ1v) is 14.3. The van der Waals surface area contributed by atoms with E-state index in [0.717, 1.165) is 33.4 Å². The third-order valence-electron chi connectivity index (χ3n) is 7.67. The third kappa shape index (κ3) is 6.59. The van der Waals surface area contributed by atoms with Crippen LogP contribution in [0, 0.1) is 6.92 Å². The van der Waals surface area contributed by atoms with Crippen molar-refractivity contribution in [3.8, 4) is 17.2 Å². The molecule has 0 unspecified atom stereocenters. The minimum Gasteiger partial charge on any atom is -0.507 e. The minimum absolute atomic E-state index is 0.117. The number of nitrogens with zero attached hydrogens (tertiary/aromatic N) is 1. The number of rotatable bonds is 4. The van der Waals surface area contributed by atoms with Gasteiger partial charge in [-0.3, -0.25) is 0 Å². The number of phenols is 3. The van der Waals surface area contributed by atoms with Crippen LogP contribution in [0.1, 0.15) is 116 Å². The van der Waals surface area contributed by atoms with Crippen molar-refractivity contribution in [1.29, 1.82) is 0 Å². The van der Waals surface area contributed by atoms with E-state index in [2.05, 4.69) is 101 Å². The molecule has 218 valence electrons.